The fourth-order valence-corrected chi connectivity index (χ4v) is 4.32. The van der Waals surface area contributed by atoms with Crippen LogP contribution in [0.25, 0.3) is 5.69 Å². The van der Waals surface area contributed by atoms with Gasteiger partial charge >= 0.3 is 0 Å². The lowest BCUT2D eigenvalue weighted by Gasteiger charge is -2.30. The van der Waals surface area contributed by atoms with Crippen LogP contribution < -0.4 is 10.1 Å². The second kappa shape index (κ2) is 8.25. The van der Waals surface area contributed by atoms with E-state index in [2.05, 4.69) is 64.1 Å². The Bertz CT molecular complexity index is 985. The molecule has 1 aliphatic heterocycles. The van der Waals surface area contributed by atoms with Crippen molar-refractivity contribution >= 4 is 17.3 Å². The molecule has 5 nitrogen and oxygen atoms in total. The molecule has 0 radical (unpaired) electrons. The fourth-order valence-electron chi connectivity index (χ4n) is 4.00. The summed E-state index contributed by atoms with van der Waals surface area (Å²) in [5.41, 5.74) is 3.15. The number of methoxy groups -OCH3 is 1. The molecule has 29 heavy (non-hydrogen) atoms. The van der Waals surface area contributed by atoms with E-state index < -0.39 is 0 Å². The normalized spacial score (nSPS) is 18.9. The van der Waals surface area contributed by atoms with E-state index >= 15 is 0 Å². The molecule has 0 amide bonds. The molecule has 1 fully saturated rings. The van der Waals surface area contributed by atoms with Crippen molar-refractivity contribution < 1.29 is 4.74 Å². The molecule has 2 atom stereocenters. The standard InChI is InChI=1S/C23H26N4OS/c1-16(2)15-27-22(21(25-23(27)29)17-9-6-7-13-24-17)19-11-8-14-26(19)18-10-4-5-12-20(18)28-3/h4-14,16,21-22H,15H2,1-3H3,(H,25,29)/t21-,22-/m0/s1. The Kier molecular flexibility index (Phi) is 5.53. The Balaban J connectivity index is 1.83. The van der Waals surface area contributed by atoms with Crippen LogP contribution in [0, 0.1) is 5.92 Å². The third-order valence-electron chi connectivity index (χ3n) is 5.19. The first-order chi connectivity index (χ1) is 14.1. The van der Waals surface area contributed by atoms with Crippen molar-refractivity contribution in [3.8, 4) is 11.4 Å². The average molecular weight is 407 g/mol. The maximum Gasteiger partial charge on any atom is 0.170 e. The molecular weight excluding hydrogens is 380 g/mol. The highest BCUT2D eigenvalue weighted by Crippen LogP contribution is 2.40. The van der Waals surface area contributed by atoms with E-state index in [0.717, 1.165) is 34.5 Å². The topological polar surface area (TPSA) is 42.3 Å². The van der Waals surface area contributed by atoms with Gasteiger partial charge in [-0.1, -0.05) is 32.0 Å². The summed E-state index contributed by atoms with van der Waals surface area (Å²) >= 11 is 5.75. The first kappa shape index (κ1) is 19.5. The van der Waals surface area contributed by atoms with Crippen molar-refractivity contribution in [2.75, 3.05) is 13.7 Å². The number of pyridine rings is 1. The summed E-state index contributed by atoms with van der Waals surface area (Å²) < 4.78 is 7.82. The molecule has 1 aliphatic rings. The van der Waals surface area contributed by atoms with E-state index in [0.29, 0.717) is 5.92 Å². The summed E-state index contributed by atoms with van der Waals surface area (Å²) in [7, 11) is 1.70. The molecule has 3 heterocycles. The number of hydrogen-bond donors (Lipinski definition) is 1. The SMILES string of the molecule is COc1ccccc1-n1cccc1[C@H]1[C@H](c2ccccn2)NC(=S)N1CC(C)C. The van der Waals surface area contributed by atoms with Crippen molar-refractivity contribution in [3.05, 3.63) is 78.4 Å². The van der Waals surface area contributed by atoms with Crippen molar-refractivity contribution in [3.63, 3.8) is 0 Å². The molecule has 0 aliphatic carbocycles. The highest BCUT2D eigenvalue weighted by atomic mass is 32.1. The summed E-state index contributed by atoms with van der Waals surface area (Å²) in [4.78, 5) is 6.91. The number of nitrogens with zero attached hydrogens (tertiary/aromatic N) is 3. The summed E-state index contributed by atoms with van der Waals surface area (Å²) in [5, 5.41) is 4.29. The van der Waals surface area contributed by atoms with Gasteiger partial charge in [0.2, 0.25) is 0 Å². The number of thiocarbonyl (C=S) groups is 1. The zero-order valence-corrected chi connectivity index (χ0v) is 17.8. The second-order valence-corrected chi connectivity index (χ2v) is 8.03. The Morgan fingerprint density at radius 1 is 1.10 bits per heavy atom. The van der Waals surface area contributed by atoms with Crippen molar-refractivity contribution in [2.24, 2.45) is 5.92 Å². The molecule has 6 heteroatoms. The number of ether oxygens (including phenoxy) is 1. The largest absolute Gasteiger partial charge is 0.495 e. The van der Waals surface area contributed by atoms with Crippen LogP contribution in [0.15, 0.2) is 67.0 Å². The second-order valence-electron chi connectivity index (χ2n) is 7.65. The minimum Gasteiger partial charge on any atom is -0.495 e. The lowest BCUT2D eigenvalue weighted by atomic mass is 10.0. The van der Waals surface area contributed by atoms with E-state index in [1.807, 2.05) is 36.5 Å². The van der Waals surface area contributed by atoms with E-state index in [1.165, 1.54) is 0 Å². The van der Waals surface area contributed by atoms with Crippen LogP contribution in [-0.4, -0.2) is 33.2 Å². The Hall–Kier alpha value is -2.86. The van der Waals surface area contributed by atoms with E-state index in [4.69, 9.17) is 17.0 Å². The molecule has 1 saturated heterocycles. The monoisotopic (exact) mass is 406 g/mol. The van der Waals surface area contributed by atoms with Crippen LogP contribution in [-0.2, 0) is 0 Å². The van der Waals surface area contributed by atoms with Gasteiger partial charge in [-0.15, -0.1) is 0 Å². The maximum absolute atomic E-state index is 5.75. The predicted molar refractivity (Wildman–Crippen MR) is 119 cm³/mol. The summed E-state index contributed by atoms with van der Waals surface area (Å²) in [5.74, 6) is 1.32. The third-order valence-corrected chi connectivity index (χ3v) is 5.54. The van der Waals surface area contributed by atoms with Crippen LogP contribution in [0.5, 0.6) is 5.75 Å². The number of aromatic nitrogens is 2. The first-order valence-corrected chi connectivity index (χ1v) is 10.3. The minimum absolute atomic E-state index is 0.0224. The predicted octanol–water partition coefficient (Wildman–Crippen LogP) is 4.51. The van der Waals surface area contributed by atoms with Gasteiger partial charge in [0.25, 0.3) is 0 Å². The molecule has 0 bridgehead atoms. The van der Waals surface area contributed by atoms with Gasteiger partial charge in [0.1, 0.15) is 5.75 Å². The van der Waals surface area contributed by atoms with Gasteiger partial charge in [-0.05, 0) is 54.5 Å². The zero-order chi connectivity index (χ0) is 20.4. The first-order valence-electron chi connectivity index (χ1n) is 9.89. The van der Waals surface area contributed by atoms with Gasteiger partial charge in [-0.2, -0.15) is 0 Å². The van der Waals surface area contributed by atoms with Gasteiger partial charge in [0.05, 0.1) is 30.6 Å². The third kappa shape index (κ3) is 3.72. The molecule has 150 valence electrons. The molecule has 1 aromatic carbocycles. The van der Waals surface area contributed by atoms with Gasteiger partial charge in [0.15, 0.2) is 5.11 Å². The van der Waals surface area contributed by atoms with E-state index in [9.17, 15) is 0 Å². The average Bonchev–Trinajstić information content (AvgIpc) is 3.33. The summed E-state index contributed by atoms with van der Waals surface area (Å²) in [6, 6.07) is 18.3. The van der Waals surface area contributed by atoms with Crippen LogP contribution in [0.3, 0.4) is 0 Å². The number of nitrogens with one attached hydrogen (secondary N) is 1. The smallest absolute Gasteiger partial charge is 0.170 e. The molecule has 1 N–H and O–H groups in total. The molecule has 0 spiro atoms. The molecule has 4 rings (SSSR count). The highest BCUT2D eigenvalue weighted by Gasteiger charge is 2.41. The highest BCUT2D eigenvalue weighted by molar-refractivity contribution is 7.80. The zero-order valence-electron chi connectivity index (χ0n) is 16.9. The summed E-state index contributed by atoms with van der Waals surface area (Å²) in [6.07, 6.45) is 3.92. The van der Waals surface area contributed by atoms with Crippen LogP contribution in [0.4, 0.5) is 0 Å². The molecular formula is C23H26N4OS. The Morgan fingerprint density at radius 2 is 1.90 bits per heavy atom. The van der Waals surface area contributed by atoms with E-state index in [1.54, 1.807) is 7.11 Å². The Morgan fingerprint density at radius 3 is 2.62 bits per heavy atom. The molecule has 2 aromatic heterocycles. The van der Waals surface area contributed by atoms with Crippen molar-refractivity contribution in [2.45, 2.75) is 25.9 Å². The van der Waals surface area contributed by atoms with Crippen molar-refractivity contribution in [1.82, 2.24) is 19.8 Å². The number of rotatable bonds is 6. The van der Waals surface area contributed by atoms with Crippen LogP contribution >= 0.6 is 12.2 Å². The van der Waals surface area contributed by atoms with Gasteiger partial charge in [-0.3, -0.25) is 4.98 Å². The van der Waals surface area contributed by atoms with Crippen molar-refractivity contribution in [1.29, 1.82) is 0 Å². The lowest BCUT2D eigenvalue weighted by molar-refractivity contribution is 0.280. The number of benzene rings is 1. The van der Waals surface area contributed by atoms with Crippen LogP contribution in [0.2, 0.25) is 0 Å². The number of para-hydroxylation sites is 2. The Labute approximate surface area is 177 Å². The summed E-state index contributed by atoms with van der Waals surface area (Å²) in [6.45, 7) is 5.30. The maximum atomic E-state index is 5.75. The fraction of sp³-hybridized carbons (Fsp3) is 0.304. The van der Waals surface area contributed by atoms with Gasteiger partial charge in [-0.25, -0.2) is 0 Å². The molecule has 0 saturated carbocycles. The molecule has 3 aromatic rings. The van der Waals surface area contributed by atoms with E-state index in [-0.39, 0.29) is 12.1 Å². The molecule has 0 unspecified atom stereocenters. The quantitative estimate of drug-likeness (QED) is 0.610. The van der Waals surface area contributed by atoms with Gasteiger partial charge < -0.3 is 19.5 Å². The minimum atomic E-state index is -0.0224. The van der Waals surface area contributed by atoms with Gasteiger partial charge in [0, 0.05) is 24.6 Å². The van der Waals surface area contributed by atoms with Crippen LogP contribution in [0.1, 0.15) is 37.3 Å². The lowest BCUT2D eigenvalue weighted by Crippen LogP contribution is -2.33. The number of hydrogen-bond acceptors (Lipinski definition) is 3.